The molecular formula is C23H22F3N5O5S. The van der Waals surface area contributed by atoms with E-state index in [9.17, 15) is 26.4 Å². The Morgan fingerprint density at radius 3 is 2.65 bits per heavy atom. The third kappa shape index (κ3) is 5.53. The molecule has 0 spiro atoms. The fourth-order valence-electron chi connectivity index (χ4n) is 3.85. The van der Waals surface area contributed by atoms with Crippen molar-refractivity contribution in [3.05, 3.63) is 65.5 Å². The molecule has 0 unspecified atom stereocenters. The Labute approximate surface area is 209 Å². The number of ether oxygens (including phenoxy) is 1. The van der Waals surface area contributed by atoms with E-state index in [1.807, 2.05) is 0 Å². The highest BCUT2D eigenvalue weighted by Crippen LogP contribution is 2.31. The van der Waals surface area contributed by atoms with Gasteiger partial charge in [-0.1, -0.05) is 23.4 Å². The van der Waals surface area contributed by atoms with E-state index in [1.165, 1.54) is 36.3 Å². The van der Waals surface area contributed by atoms with Crippen LogP contribution in [-0.2, 0) is 27.9 Å². The van der Waals surface area contributed by atoms with E-state index < -0.39 is 22.1 Å². The Morgan fingerprint density at radius 2 is 1.95 bits per heavy atom. The molecular weight excluding hydrogens is 515 g/mol. The number of halogens is 3. The zero-order chi connectivity index (χ0) is 27.0. The van der Waals surface area contributed by atoms with Crippen LogP contribution < -0.4 is 9.46 Å². The fourth-order valence-corrected chi connectivity index (χ4v) is 5.03. The highest BCUT2D eigenvalue weighted by Gasteiger charge is 2.41. The number of nitrogens with zero attached hydrogens (tertiary/aromatic N) is 4. The van der Waals surface area contributed by atoms with Gasteiger partial charge in [0.1, 0.15) is 10.6 Å². The molecule has 2 aromatic carbocycles. The number of hydrogen-bond donors (Lipinski definition) is 1. The molecule has 196 valence electrons. The molecule has 0 bridgehead atoms. The summed E-state index contributed by atoms with van der Waals surface area (Å²) in [5.41, 5.74) is 2.16. The summed E-state index contributed by atoms with van der Waals surface area (Å²) < 4.78 is 78.2. The van der Waals surface area contributed by atoms with Crippen LogP contribution in [0.5, 0.6) is 5.75 Å². The zero-order valence-corrected chi connectivity index (χ0v) is 20.7. The quantitative estimate of drug-likeness (QED) is 0.364. The highest BCUT2D eigenvalue weighted by molar-refractivity contribution is 7.92. The molecule has 4 aromatic rings. The lowest BCUT2D eigenvalue weighted by Crippen LogP contribution is -2.37. The van der Waals surface area contributed by atoms with Gasteiger partial charge in [0.25, 0.3) is 10.0 Å². The van der Waals surface area contributed by atoms with Crippen LogP contribution in [0.1, 0.15) is 16.7 Å². The molecule has 1 amide bonds. The van der Waals surface area contributed by atoms with E-state index in [0.717, 1.165) is 12.6 Å². The number of carbonyl (C=O) groups is 1. The molecule has 0 aliphatic heterocycles. The van der Waals surface area contributed by atoms with Crippen molar-refractivity contribution < 1.29 is 35.6 Å². The number of alkyl halides is 3. The average Bonchev–Trinajstić information content (AvgIpc) is 3.44. The third-order valence-corrected chi connectivity index (χ3v) is 6.84. The predicted octanol–water partition coefficient (Wildman–Crippen LogP) is 3.71. The Morgan fingerprint density at radius 1 is 1.22 bits per heavy atom. The van der Waals surface area contributed by atoms with Gasteiger partial charge in [0, 0.05) is 25.4 Å². The van der Waals surface area contributed by atoms with Crippen LogP contribution in [0.25, 0.3) is 11.0 Å². The number of fused-ring (bicyclic) bond motifs is 1. The molecule has 2 heterocycles. The van der Waals surface area contributed by atoms with Crippen LogP contribution in [0.4, 0.5) is 19.0 Å². The minimum Gasteiger partial charge on any atom is -0.495 e. The fraction of sp³-hybridized carbons (Fsp3) is 0.261. The number of benzene rings is 2. The number of anilines is 1. The second-order valence-electron chi connectivity index (χ2n) is 8.28. The number of aryl methyl sites for hydroxylation is 1. The molecule has 0 fully saturated rings. The molecule has 0 aliphatic carbocycles. The minimum atomic E-state index is -4.95. The van der Waals surface area contributed by atoms with Gasteiger partial charge in [-0.05, 0) is 36.2 Å². The Kier molecular flexibility index (Phi) is 6.86. The lowest BCUT2D eigenvalue weighted by atomic mass is 10.1. The first-order chi connectivity index (χ1) is 17.4. The van der Waals surface area contributed by atoms with Crippen molar-refractivity contribution >= 4 is 32.7 Å². The lowest BCUT2D eigenvalue weighted by molar-refractivity contribution is -0.184. The van der Waals surface area contributed by atoms with Crippen LogP contribution in [0.3, 0.4) is 0 Å². The second kappa shape index (κ2) is 9.76. The number of methoxy groups -OCH3 is 1. The average molecular weight is 538 g/mol. The first-order valence-electron chi connectivity index (χ1n) is 10.8. The number of sulfonamides is 1. The summed E-state index contributed by atoms with van der Waals surface area (Å²) in [7, 11) is -1.59. The molecule has 0 aliphatic rings. The molecule has 0 saturated heterocycles. The van der Waals surface area contributed by atoms with Crippen LogP contribution >= 0.6 is 0 Å². The molecule has 1 N–H and O–H groups in total. The third-order valence-electron chi connectivity index (χ3n) is 5.46. The van der Waals surface area contributed by atoms with Crippen LogP contribution in [0.15, 0.2) is 58.2 Å². The Bertz CT molecular complexity index is 1560. The number of hydrogen-bond acceptors (Lipinski definition) is 7. The van der Waals surface area contributed by atoms with E-state index >= 15 is 0 Å². The highest BCUT2D eigenvalue weighted by atomic mass is 32.2. The van der Waals surface area contributed by atoms with Crippen molar-refractivity contribution in [3.63, 3.8) is 0 Å². The van der Waals surface area contributed by atoms with Gasteiger partial charge < -0.3 is 14.2 Å². The van der Waals surface area contributed by atoms with Gasteiger partial charge in [0.2, 0.25) is 0 Å². The van der Waals surface area contributed by atoms with Crippen LogP contribution in [0, 0.1) is 6.92 Å². The summed E-state index contributed by atoms with van der Waals surface area (Å²) in [4.78, 5) is 11.9. The maximum absolute atomic E-state index is 12.9. The normalized spacial score (nSPS) is 12.1. The van der Waals surface area contributed by atoms with Gasteiger partial charge in [-0.15, -0.1) is 0 Å². The summed E-state index contributed by atoms with van der Waals surface area (Å²) >= 11 is 0. The summed E-state index contributed by atoms with van der Waals surface area (Å²) in [6.07, 6.45) is -2.04. The minimum absolute atomic E-state index is 0.0173. The SMILES string of the molecule is COc1ccccc1S(=O)(=O)Nc1noc2cc(Cn3cc(CN(C)C(=O)C(F)(F)F)cn3)cc(C)c12. The molecule has 0 saturated carbocycles. The number of rotatable bonds is 8. The Balaban J connectivity index is 1.53. The molecule has 10 nitrogen and oxygen atoms in total. The predicted molar refractivity (Wildman–Crippen MR) is 126 cm³/mol. The Hall–Kier alpha value is -4.07. The maximum atomic E-state index is 12.9. The molecule has 37 heavy (non-hydrogen) atoms. The molecule has 2 aromatic heterocycles. The van der Waals surface area contributed by atoms with Gasteiger partial charge in [0.05, 0.1) is 25.2 Å². The van der Waals surface area contributed by atoms with Gasteiger partial charge in [0.15, 0.2) is 11.4 Å². The van der Waals surface area contributed by atoms with E-state index in [1.54, 1.807) is 31.2 Å². The standard InChI is InChI=1S/C23H22F3N5O5S/c1-14-8-15(12-31-13-16(10-27-31)11-30(2)22(32)23(24,25)26)9-18-20(14)21(28-36-18)29-37(33,34)19-7-5-4-6-17(19)35-3/h4-10,13H,11-12H2,1-3H3,(H,28,29). The number of para-hydroxylation sites is 1. The van der Waals surface area contributed by atoms with Crippen LogP contribution in [0.2, 0.25) is 0 Å². The largest absolute Gasteiger partial charge is 0.495 e. The first kappa shape index (κ1) is 26.0. The summed E-state index contributed by atoms with van der Waals surface area (Å²) in [5.74, 6) is -1.75. The summed E-state index contributed by atoms with van der Waals surface area (Å²) in [6.45, 7) is 1.75. The van der Waals surface area contributed by atoms with Crippen molar-refractivity contribution in [2.24, 2.45) is 0 Å². The number of nitrogens with one attached hydrogen (secondary N) is 1. The van der Waals surface area contributed by atoms with Crippen LogP contribution in [-0.4, -0.2) is 54.5 Å². The first-order valence-corrected chi connectivity index (χ1v) is 12.3. The van der Waals surface area contributed by atoms with Crippen molar-refractivity contribution in [2.45, 2.75) is 31.1 Å². The molecule has 0 atom stereocenters. The number of aromatic nitrogens is 3. The van der Waals surface area contributed by atoms with Crippen molar-refractivity contribution in [3.8, 4) is 5.75 Å². The van der Waals surface area contributed by atoms with Crippen molar-refractivity contribution in [2.75, 3.05) is 18.9 Å². The van der Waals surface area contributed by atoms with Crippen molar-refractivity contribution in [1.82, 2.24) is 19.8 Å². The number of amides is 1. The zero-order valence-electron chi connectivity index (χ0n) is 19.9. The van der Waals surface area contributed by atoms with E-state index in [2.05, 4.69) is 15.0 Å². The second-order valence-corrected chi connectivity index (χ2v) is 9.93. The van der Waals surface area contributed by atoms with Gasteiger partial charge in [-0.3, -0.25) is 14.2 Å². The smallest absolute Gasteiger partial charge is 0.471 e. The molecule has 4 rings (SSSR count). The van der Waals surface area contributed by atoms with Gasteiger partial charge in [-0.2, -0.15) is 18.3 Å². The van der Waals surface area contributed by atoms with Crippen molar-refractivity contribution in [1.29, 1.82) is 0 Å². The van der Waals surface area contributed by atoms with E-state index in [4.69, 9.17) is 9.26 Å². The number of carbonyl (C=O) groups excluding carboxylic acids is 1. The molecule has 0 radical (unpaired) electrons. The van der Waals surface area contributed by atoms with Gasteiger partial charge in [-0.25, -0.2) is 8.42 Å². The van der Waals surface area contributed by atoms with E-state index in [0.29, 0.717) is 27.0 Å². The molecule has 14 heteroatoms. The summed E-state index contributed by atoms with van der Waals surface area (Å²) in [5, 5.41) is 8.50. The van der Waals surface area contributed by atoms with Gasteiger partial charge >= 0.3 is 12.1 Å². The monoisotopic (exact) mass is 537 g/mol. The maximum Gasteiger partial charge on any atom is 0.471 e. The summed E-state index contributed by atoms with van der Waals surface area (Å²) in [6, 6.07) is 9.61. The van der Waals surface area contributed by atoms with E-state index in [-0.39, 0.29) is 29.6 Å². The lowest BCUT2D eigenvalue weighted by Gasteiger charge is -2.17. The topological polar surface area (TPSA) is 120 Å².